The highest BCUT2D eigenvalue weighted by atomic mass is 32.1. The van der Waals surface area contributed by atoms with Crippen LogP contribution < -0.4 is 5.43 Å². The molecule has 1 N–H and O–H groups in total. The zero-order chi connectivity index (χ0) is 14.9. The Labute approximate surface area is 131 Å². The largest absolute Gasteiger partial charge is 0.455 e. The number of hydrogen-bond acceptors (Lipinski definition) is 5. The van der Waals surface area contributed by atoms with Gasteiger partial charge in [-0.15, -0.1) is 0 Å². The lowest BCUT2D eigenvalue weighted by Crippen LogP contribution is -1.97. The molecule has 4 rings (SSSR count). The minimum absolute atomic E-state index is 0.759. The number of benzene rings is 2. The predicted molar refractivity (Wildman–Crippen MR) is 91.7 cm³/mol. The van der Waals surface area contributed by atoms with Gasteiger partial charge in [-0.25, -0.2) is 4.98 Å². The zero-order valence-corrected chi connectivity index (χ0v) is 12.7. The summed E-state index contributed by atoms with van der Waals surface area (Å²) < 4.78 is 6.93. The molecule has 2 aromatic carbocycles. The first kappa shape index (κ1) is 13.0. The molecule has 0 fully saturated rings. The van der Waals surface area contributed by atoms with Gasteiger partial charge in [-0.3, -0.25) is 5.43 Å². The van der Waals surface area contributed by atoms with Crippen molar-refractivity contribution in [2.24, 2.45) is 5.10 Å². The third-order valence-electron chi connectivity index (χ3n) is 3.40. The number of nitrogens with one attached hydrogen (secondary N) is 1. The first-order chi connectivity index (χ1) is 10.8. The molecule has 0 saturated heterocycles. The molecular formula is C17H13N3OS. The number of rotatable bonds is 3. The maximum absolute atomic E-state index is 5.79. The van der Waals surface area contributed by atoms with Crippen LogP contribution in [0.25, 0.3) is 21.2 Å². The highest BCUT2D eigenvalue weighted by molar-refractivity contribution is 7.22. The molecule has 0 aliphatic rings. The topological polar surface area (TPSA) is 50.4 Å². The molecule has 0 bridgehead atoms. The fourth-order valence-corrected chi connectivity index (χ4v) is 3.08. The van der Waals surface area contributed by atoms with Crippen molar-refractivity contribution in [1.82, 2.24) is 4.98 Å². The normalized spacial score (nSPS) is 12.1. The van der Waals surface area contributed by atoms with E-state index >= 15 is 0 Å². The van der Waals surface area contributed by atoms with Crippen molar-refractivity contribution < 1.29 is 4.42 Å². The lowest BCUT2D eigenvalue weighted by atomic mass is 10.2. The Morgan fingerprint density at radius 3 is 2.82 bits per heavy atom. The van der Waals surface area contributed by atoms with Crippen LogP contribution in [0.1, 0.15) is 12.7 Å². The standard InChI is InChI=1S/C17H13N3OS/c1-11(15-10-12-6-2-4-8-14(12)21-15)19-20-17-18-13-7-3-5-9-16(13)22-17/h2-10H,1H3,(H,18,20)/b19-11-. The number of aromatic nitrogens is 1. The quantitative estimate of drug-likeness (QED) is 0.433. The van der Waals surface area contributed by atoms with E-state index in [0.717, 1.165) is 37.8 Å². The van der Waals surface area contributed by atoms with Crippen molar-refractivity contribution in [1.29, 1.82) is 0 Å². The molecule has 5 heteroatoms. The summed E-state index contributed by atoms with van der Waals surface area (Å²) >= 11 is 1.58. The second kappa shape index (κ2) is 5.27. The van der Waals surface area contributed by atoms with E-state index in [-0.39, 0.29) is 0 Å². The molecule has 0 atom stereocenters. The van der Waals surface area contributed by atoms with Crippen molar-refractivity contribution >= 4 is 43.4 Å². The van der Waals surface area contributed by atoms with E-state index in [4.69, 9.17) is 4.42 Å². The Morgan fingerprint density at radius 1 is 1.14 bits per heavy atom. The van der Waals surface area contributed by atoms with Gasteiger partial charge in [0.1, 0.15) is 11.3 Å². The van der Waals surface area contributed by atoms with Crippen LogP contribution in [0, 0.1) is 0 Å². The van der Waals surface area contributed by atoms with Gasteiger partial charge < -0.3 is 4.42 Å². The average molecular weight is 307 g/mol. The molecule has 2 heterocycles. The van der Waals surface area contributed by atoms with E-state index < -0.39 is 0 Å². The number of para-hydroxylation sites is 2. The van der Waals surface area contributed by atoms with Crippen molar-refractivity contribution in [2.75, 3.05) is 5.43 Å². The number of thiazole rings is 1. The molecule has 0 saturated carbocycles. The van der Waals surface area contributed by atoms with E-state index in [1.165, 1.54) is 0 Å². The number of hydrogen-bond donors (Lipinski definition) is 1. The van der Waals surface area contributed by atoms with Crippen molar-refractivity contribution in [3.8, 4) is 0 Å². The lowest BCUT2D eigenvalue weighted by Gasteiger charge is -1.96. The van der Waals surface area contributed by atoms with Gasteiger partial charge in [-0.1, -0.05) is 41.7 Å². The Kier molecular flexibility index (Phi) is 3.12. The molecule has 0 aliphatic carbocycles. The zero-order valence-electron chi connectivity index (χ0n) is 11.9. The minimum Gasteiger partial charge on any atom is -0.455 e. The summed E-state index contributed by atoms with van der Waals surface area (Å²) in [5.41, 5.74) is 5.65. The van der Waals surface area contributed by atoms with E-state index in [0.29, 0.717) is 0 Å². The highest BCUT2D eigenvalue weighted by Gasteiger charge is 2.07. The third kappa shape index (κ3) is 2.35. The summed E-state index contributed by atoms with van der Waals surface area (Å²) in [6, 6.07) is 18.0. The van der Waals surface area contributed by atoms with Crippen molar-refractivity contribution in [3.05, 3.63) is 60.4 Å². The van der Waals surface area contributed by atoms with Gasteiger partial charge in [-0.05, 0) is 31.2 Å². The molecule has 0 amide bonds. The van der Waals surface area contributed by atoms with Gasteiger partial charge in [0, 0.05) is 5.39 Å². The monoisotopic (exact) mass is 307 g/mol. The maximum atomic E-state index is 5.79. The molecule has 0 radical (unpaired) electrons. The second-order valence-electron chi connectivity index (χ2n) is 4.94. The molecule has 2 aromatic heterocycles. The summed E-state index contributed by atoms with van der Waals surface area (Å²) in [7, 11) is 0. The van der Waals surface area contributed by atoms with Gasteiger partial charge in [-0.2, -0.15) is 5.10 Å². The third-order valence-corrected chi connectivity index (χ3v) is 4.34. The summed E-state index contributed by atoms with van der Waals surface area (Å²) in [6.07, 6.45) is 0. The molecule has 4 nitrogen and oxygen atoms in total. The molecule has 108 valence electrons. The first-order valence-corrected chi connectivity index (χ1v) is 7.76. The van der Waals surface area contributed by atoms with Gasteiger partial charge in [0.2, 0.25) is 5.13 Å². The Balaban J connectivity index is 1.61. The predicted octanol–water partition coefficient (Wildman–Crippen LogP) is 4.88. The van der Waals surface area contributed by atoms with E-state index in [9.17, 15) is 0 Å². The summed E-state index contributed by atoms with van der Waals surface area (Å²) in [5.74, 6) is 0.759. The van der Waals surface area contributed by atoms with Crippen LogP contribution in [-0.4, -0.2) is 10.7 Å². The fourth-order valence-electron chi connectivity index (χ4n) is 2.27. The molecule has 22 heavy (non-hydrogen) atoms. The number of hydrazone groups is 1. The molecular weight excluding hydrogens is 294 g/mol. The first-order valence-electron chi connectivity index (χ1n) is 6.94. The van der Waals surface area contributed by atoms with Gasteiger partial charge in [0.05, 0.1) is 10.2 Å². The molecule has 0 aliphatic heterocycles. The van der Waals surface area contributed by atoms with Crippen LogP contribution in [0.2, 0.25) is 0 Å². The van der Waals surface area contributed by atoms with Crippen LogP contribution in [-0.2, 0) is 0 Å². The van der Waals surface area contributed by atoms with E-state index in [1.54, 1.807) is 11.3 Å². The summed E-state index contributed by atoms with van der Waals surface area (Å²) in [4.78, 5) is 4.49. The highest BCUT2D eigenvalue weighted by Crippen LogP contribution is 2.25. The molecule has 0 unspecified atom stereocenters. The van der Waals surface area contributed by atoms with Crippen LogP contribution in [0.5, 0.6) is 0 Å². The summed E-state index contributed by atoms with van der Waals surface area (Å²) in [5, 5.41) is 6.23. The van der Waals surface area contributed by atoms with E-state index in [2.05, 4.69) is 15.5 Å². The van der Waals surface area contributed by atoms with Crippen molar-refractivity contribution in [2.45, 2.75) is 6.92 Å². The van der Waals surface area contributed by atoms with Crippen LogP contribution in [0.4, 0.5) is 5.13 Å². The van der Waals surface area contributed by atoms with Crippen LogP contribution in [0.3, 0.4) is 0 Å². The van der Waals surface area contributed by atoms with Gasteiger partial charge in [0.15, 0.2) is 5.76 Å². The SMILES string of the molecule is C/C(=N/Nc1nc2ccccc2s1)c1cc2ccccc2o1. The Bertz CT molecular complexity index is 918. The maximum Gasteiger partial charge on any atom is 0.204 e. The second-order valence-corrected chi connectivity index (χ2v) is 5.97. The van der Waals surface area contributed by atoms with E-state index in [1.807, 2.05) is 61.5 Å². The van der Waals surface area contributed by atoms with Gasteiger partial charge in [0.25, 0.3) is 0 Å². The van der Waals surface area contributed by atoms with Crippen LogP contribution >= 0.6 is 11.3 Å². The minimum atomic E-state index is 0.759. The average Bonchev–Trinajstić information content (AvgIpc) is 3.15. The number of nitrogens with zero attached hydrogens (tertiary/aromatic N) is 2. The number of fused-ring (bicyclic) bond motifs is 2. The fraction of sp³-hybridized carbons (Fsp3) is 0.0588. The Hall–Kier alpha value is -2.66. The molecule has 4 aromatic rings. The molecule has 0 spiro atoms. The number of anilines is 1. The van der Waals surface area contributed by atoms with Gasteiger partial charge >= 0.3 is 0 Å². The smallest absolute Gasteiger partial charge is 0.204 e. The van der Waals surface area contributed by atoms with Crippen LogP contribution in [0.15, 0.2) is 64.1 Å². The van der Waals surface area contributed by atoms with Crippen molar-refractivity contribution in [3.63, 3.8) is 0 Å². The Morgan fingerprint density at radius 2 is 1.95 bits per heavy atom. The summed E-state index contributed by atoms with van der Waals surface area (Å²) in [6.45, 7) is 1.91. The number of furan rings is 1. The lowest BCUT2D eigenvalue weighted by molar-refractivity contribution is 0.604.